The lowest BCUT2D eigenvalue weighted by atomic mass is 10.1. The second-order valence-corrected chi connectivity index (χ2v) is 7.76. The topological polar surface area (TPSA) is 47.0 Å². The SMILES string of the molecule is COc1ccc(CNc2nnc(SCc3cccc(C(F)(F)F)c3)s2)cc1. The summed E-state index contributed by atoms with van der Waals surface area (Å²) in [6.07, 6.45) is -4.33. The molecule has 0 saturated carbocycles. The Morgan fingerprint density at radius 1 is 1.07 bits per heavy atom. The Labute approximate surface area is 162 Å². The molecule has 0 unspecified atom stereocenters. The van der Waals surface area contributed by atoms with E-state index in [-0.39, 0.29) is 0 Å². The maximum atomic E-state index is 12.8. The third kappa shape index (κ3) is 5.61. The fraction of sp³-hybridized carbons (Fsp3) is 0.222. The van der Waals surface area contributed by atoms with Crippen LogP contribution in [0.1, 0.15) is 16.7 Å². The Morgan fingerprint density at radius 2 is 1.85 bits per heavy atom. The quantitative estimate of drug-likeness (QED) is 0.523. The fourth-order valence-corrected chi connectivity index (χ4v) is 3.93. The normalized spacial score (nSPS) is 11.4. The van der Waals surface area contributed by atoms with E-state index >= 15 is 0 Å². The Hall–Kier alpha value is -2.26. The molecule has 27 heavy (non-hydrogen) atoms. The van der Waals surface area contributed by atoms with Crippen LogP contribution in [0.25, 0.3) is 0 Å². The molecule has 0 saturated heterocycles. The molecule has 0 amide bonds. The van der Waals surface area contributed by atoms with Gasteiger partial charge >= 0.3 is 6.18 Å². The van der Waals surface area contributed by atoms with Gasteiger partial charge in [0.1, 0.15) is 5.75 Å². The number of nitrogens with zero attached hydrogens (tertiary/aromatic N) is 2. The second kappa shape index (κ2) is 8.62. The predicted octanol–water partition coefficient (Wildman–Crippen LogP) is 5.47. The first kappa shape index (κ1) is 19.5. The van der Waals surface area contributed by atoms with Crippen LogP contribution in [0.15, 0.2) is 52.9 Å². The monoisotopic (exact) mass is 411 g/mol. The number of alkyl halides is 3. The van der Waals surface area contributed by atoms with Gasteiger partial charge in [0.2, 0.25) is 5.13 Å². The average molecular weight is 411 g/mol. The maximum absolute atomic E-state index is 12.8. The molecule has 2 aromatic carbocycles. The Balaban J connectivity index is 1.53. The molecule has 1 aromatic heterocycles. The third-order valence-corrected chi connectivity index (χ3v) is 5.71. The summed E-state index contributed by atoms with van der Waals surface area (Å²) in [6, 6.07) is 13.0. The molecule has 0 aliphatic heterocycles. The van der Waals surface area contributed by atoms with Gasteiger partial charge in [-0.2, -0.15) is 13.2 Å². The largest absolute Gasteiger partial charge is 0.497 e. The molecule has 3 rings (SSSR count). The van der Waals surface area contributed by atoms with Gasteiger partial charge in [0, 0.05) is 12.3 Å². The molecule has 142 valence electrons. The number of ether oxygens (including phenoxy) is 1. The zero-order valence-corrected chi connectivity index (χ0v) is 15.9. The molecular weight excluding hydrogens is 395 g/mol. The van der Waals surface area contributed by atoms with Crippen LogP contribution in [-0.2, 0) is 18.5 Å². The van der Waals surface area contributed by atoms with Crippen LogP contribution in [-0.4, -0.2) is 17.3 Å². The first-order valence-electron chi connectivity index (χ1n) is 7.93. The van der Waals surface area contributed by atoms with Gasteiger partial charge < -0.3 is 10.1 Å². The number of hydrogen-bond acceptors (Lipinski definition) is 6. The molecule has 9 heteroatoms. The van der Waals surface area contributed by atoms with E-state index in [0.717, 1.165) is 23.4 Å². The number of rotatable bonds is 7. The van der Waals surface area contributed by atoms with Crippen LogP contribution >= 0.6 is 23.1 Å². The molecule has 0 aliphatic rings. The highest BCUT2D eigenvalue weighted by Gasteiger charge is 2.30. The van der Waals surface area contributed by atoms with Gasteiger partial charge in [-0.25, -0.2) is 0 Å². The van der Waals surface area contributed by atoms with Gasteiger partial charge in [-0.3, -0.25) is 0 Å². The van der Waals surface area contributed by atoms with Crippen molar-refractivity contribution < 1.29 is 17.9 Å². The number of methoxy groups -OCH3 is 1. The summed E-state index contributed by atoms with van der Waals surface area (Å²) in [5.74, 6) is 1.19. The number of nitrogens with one attached hydrogen (secondary N) is 1. The molecule has 0 fully saturated rings. The molecular formula is C18H16F3N3OS2. The smallest absolute Gasteiger partial charge is 0.416 e. The molecule has 0 radical (unpaired) electrons. The van der Waals surface area contributed by atoms with Crippen molar-refractivity contribution in [2.75, 3.05) is 12.4 Å². The van der Waals surface area contributed by atoms with E-state index < -0.39 is 11.7 Å². The maximum Gasteiger partial charge on any atom is 0.416 e. The molecule has 4 nitrogen and oxygen atoms in total. The number of aromatic nitrogens is 2. The average Bonchev–Trinajstić information content (AvgIpc) is 3.13. The van der Waals surface area contributed by atoms with Crippen LogP contribution in [0.4, 0.5) is 18.3 Å². The Morgan fingerprint density at radius 3 is 2.56 bits per heavy atom. The first-order chi connectivity index (χ1) is 12.9. The van der Waals surface area contributed by atoms with Crippen molar-refractivity contribution in [3.63, 3.8) is 0 Å². The summed E-state index contributed by atoms with van der Waals surface area (Å²) in [6.45, 7) is 0.594. The number of thioether (sulfide) groups is 1. The van der Waals surface area contributed by atoms with Crippen LogP contribution in [0.2, 0.25) is 0 Å². The number of halogens is 3. The Kier molecular flexibility index (Phi) is 6.22. The summed E-state index contributed by atoms with van der Waals surface area (Å²) >= 11 is 2.73. The van der Waals surface area contributed by atoms with E-state index in [9.17, 15) is 13.2 Å². The highest BCUT2D eigenvalue weighted by molar-refractivity contribution is 8.00. The molecule has 1 heterocycles. The fourth-order valence-electron chi connectivity index (χ4n) is 2.24. The van der Waals surface area contributed by atoms with Gasteiger partial charge in [-0.15, -0.1) is 10.2 Å². The summed E-state index contributed by atoms with van der Waals surface area (Å²) in [5.41, 5.74) is 1.03. The molecule has 0 aliphatic carbocycles. The van der Waals surface area contributed by atoms with Crippen molar-refractivity contribution in [2.45, 2.75) is 22.8 Å². The molecule has 0 atom stereocenters. The predicted molar refractivity (Wildman–Crippen MR) is 101 cm³/mol. The van der Waals surface area contributed by atoms with E-state index in [1.807, 2.05) is 24.3 Å². The van der Waals surface area contributed by atoms with Crippen LogP contribution < -0.4 is 10.1 Å². The van der Waals surface area contributed by atoms with Crippen molar-refractivity contribution in [2.24, 2.45) is 0 Å². The van der Waals surface area contributed by atoms with E-state index in [4.69, 9.17) is 4.74 Å². The van der Waals surface area contributed by atoms with Crippen LogP contribution in [0.3, 0.4) is 0 Å². The van der Waals surface area contributed by atoms with Crippen molar-refractivity contribution in [3.8, 4) is 5.75 Å². The van der Waals surface area contributed by atoms with Gasteiger partial charge in [-0.1, -0.05) is 53.4 Å². The second-order valence-electron chi connectivity index (χ2n) is 5.56. The zero-order valence-electron chi connectivity index (χ0n) is 14.3. The van der Waals surface area contributed by atoms with Gasteiger partial charge in [-0.05, 0) is 29.3 Å². The van der Waals surface area contributed by atoms with E-state index in [0.29, 0.717) is 27.3 Å². The molecule has 0 spiro atoms. The van der Waals surface area contributed by atoms with Gasteiger partial charge in [0.15, 0.2) is 4.34 Å². The van der Waals surface area contributed by atoms with Crippen molar-refractivity contribution in [1.82, 2.24) is 10.2 Å². The van der Waals surface area contributed by atoms with E-state index in [1.165, 1.54) is 29.2 Å². The minimum absolute atomic E-state index is 0.400. The lowest BCUT2D eigenvalue weighted by Gasteiger charge is -2.07. The minimum Gasteiger partial charge on any atom is -0.497 e. The minimum atomic E-state index is -4.33. The van der Waals surface area contributed by atoms with Crippen LogP contribution in [0.5, 0.6) is 5.75 Å². The first-order valence-corrected chi connectivity index (χ1v) is 9.73. The summed E-state index contributed by atoms with van der Waals surface area (Å²) in [4.78, 5) is 0. The lowest BCUT2D eigenvalue weighted by molar-refractivity contribution is -0.137. The van der Waals surface area contributed by atoms with E-state index in [1.54, 1.807) is 13.2 Å². The molecule has 0 bridgehead atoms. The van der Waals surface area contributed by atoms with Gasteiger partial charge in [0.05, 0.1) is 12.7 Å². The van der Waals surface area contributed by atoms with Crippen molar-refractivity contribution in [1.29, 1.82) is 0 Å². The van der Waals surface area contributed by atoms with E-state index in [2.05, 4.69) is 15.5 Å². The summed E-state index contributed by atoms with van der Waals surface area (Å²) < 4.78 is 44.1. The third-order valence-electron chi connectivity index (χ3n) is 3.63. The Bertz CT molecular complexity index is 882. The number of hydrogen-bond donors (Lipinski definition) is 1. The lowest BCUT2D eigenvalue weighted by Crippen LogP contribution is -2.04. The molecule has 1 N–H and O–H groups in total. The van der Waals surface area contributed by atoms with Gasteiger partial charge in [0.25, 0.3) is 0 Å². The van der Waals surface area contributed by atoms with Crippen LogP contribution in [0, 0.1) is 0 Å². The number of benzene rings is 2. The standard InChI is InChI=1S/C18H16F3N3OS2/c1-25-15-7-5-12(6-8-15)10-22-16-23-24-17(27-16)26-11-13-3-2-4-14(9-13)18(19,20)21/h2-9H,10-11H2,1H3,(H,22,23). The summed E-state index contributed by atoms with van der Waals surface area (Å²) in [5, 5.41) is 12.0. The molecule has 3 aromatic rings. The highest BCUT2D eigenvalue weighted by Crippen LogP contribution is 2.32. The zero-order chi connectivity index (χ0) is 19.3. The van der Waals surface area contributed by atoms with Crippen molar-refractivity contribution >= 4 is 28.2 Å². The van der Waals surface area contributed by atoms with Crippen molar-refractivity contribution in [3.05, 3.63) is 65.2 Å². The summed E-state index contributed by atoms with van der Waals surface area (Å²) in [7, 11) is 1.62. The number of anilines is 1. The highest BCUT2D eigenvalue weighted by atomic mass is 32.2.